The summed E-state index contributed by atoms with van der Waals surface area (Å²) in [6.45, 7) is 7.24. The molecule has 0 radical (unpaired) electrons. The molecule has 1 heterocycles. The Kier molecular flexibility index (Phi) is 4.93. The molecular weight excluding hydrogens is 258 g/mol. The van der Waals surface area contributed by atoms with Gasteiger partial charge in [-0.25, -0.2) is 4.98 Å². The molecule has 1 aliphatic carbocycles. The van der Waals surface area contributed by atoms with Crippen LogP contribution in [0.15, 0.2) is 5.38 Å². The van der Waals surface area contributed by atoms with Gasteiger partial charge in [0.2, 0.25) is 5.91 Å². The Hall–Kier alpha value is -0.940. The van der Waals surface area contributed by atoms with Crippen LogP contribution in [0, 0.1) is 11.8 Å². The molecule has 0 bridgehead atoms. The highest BCUT2D eigenvalue weighted by molar-refractivity contribution is 7.13. The lowest BCUT2D eigenvalue weighted by Crippen LogP contribution is -2.22. The second-order valence-electron chi connectivity index (χ2n) is 5.37. The number of carbonyl (C=O) groups excluding carboxylic acids is 1. The predicted octanol–water partition coefficient (Wildman–Crippen LogP) is 3.19. The second kappa shape index (κ2) is 6.48. The van der Waals surface area contributed by atoms with Gasteiger partial charge in [-0.15, -0.1) is 11.3 Å². The number of hydrogen-bond donors (Lipinski definition) is 2. The summed E-state index contributed by atoms with van der Waals surface area (Å²) in [5, 5.41) is 9.07. The molecule has 2 rings (SSSR count). The average Bonchev–Trinajstić information content (AvgIpc) is 3.15. The van der Waals surface area contributed by atoms with E-state index in [4.69, 9.17) is 0 Å². The van der Waals surface area contributed by atoms with Gasteiger partial charge in [-0.2, -0.15) is 0 Å². The van der Waals surface area contributed by atoms with E-state index >= 15 is 0 Å². The van der Waals surface area contributed by atoms with Gasteiger partial charge in [0.1, 0.15) is 0 Å². The van der Waals surface area contributed by atoms with Crippen LogP contribution in [0.25, 0.3) is 0 Å². The van der Waals surface area contributed by atoms with Crippen LogP contribution in [0.1, 0.15) is 51.8 Å². The zero-order chi connectivity index (χ0) is 13.8. The van der Waals surface area contributed by atoms with Crippen molar-refractivity contribution in [2.75, 3.05) is 11.9 Å². The van der Waals surface area contributed by atoms with Gasteiger partial charge in [0, 0.05) is 17.3 Å². The van der Waals surface area contributed by atoms with Gasteiger partial charge in [-0.1, -0.05) is 13.8 Å². The van der Waals surface area contributed by atoms with Gasteiger partial charge >= 0.3 is 0 Å². The first-order valence-corrected chi connectivity index (χ1v) is 7.99. The molecule has 0 aromatic carbocycles. The van der Waals surface area contributed by atoms with Crippen LogP contribution >= 0.6 is 11.3 Å². The molecule has 0 aliphatic heterocycles. The summed E-state index contributed by atoms with van der Waals surface area (Å²) in [5.74, 6) is 0.810. The molecule has 2 atom stereocenters. The molecule has 0 spiro atoms. The van der Waals surface area contributed by atoms with E-state index in [0.717, 1.165) is 23.8 Å². The van der Waals surface area contributed by atoms with Crippen LogP contribution in [-0.2, 0) is 4.79 Å². The molecule has 4 nitrogen and oxygen atoms in total. The largest absolute Gasteiger partial charge is 0.309 e. The highest BCUT2D eigenvalue weighted by Gasteiger charge is 2.32. The van der Waals surface area contributed by atoms with Gasteiger partial charge in [0.05, 0.1) is 5.69 Å². The summed E-state index contributed by atoms with van der Waals surface area (Å²) in [7, 11) is 0. The fraction of sp³-hybridized carbons (Fsp3) is 0.714. The van der Waals surface area contributed by atoms with Gasteiger partial charge in [0.15, 0.2) is 5.13 Å². The number of nitrogens with one attached hydrogen (secondary N) is 2. The first-order valence-electron chi connectivity index (χ1n) is 7.11. The van der Waals surface area contributed by atoms with Gasteiger partial charge in [-0.3, -0.25) is 4.79 Å². The summed E-state index contributed by atoms with van der Waals surface area (Å²) in [4.78, 5) is 16.5. The summed E-state index contributed by atoms with van der Waals surface area (Å²) in [6, 6.07) is 0.239. The molecule has 1 amide bonds. The van der Waals surface area contributed by atoms with Crippen molar-refractivity contribution in [2.45, 2.75) is 46.1 Å². The van der Waals surface area contributed by atoms with E-state index < -0.39 is 0 Å². The highest BCUT2D eigenvalue weighted by atomic mass is 32.1. The highest BCUT2D eigenvalue weighted by Crippen LogP contribution is 2.37. The minimum absolute atomic E-state index is 0.109. The van der Waals surface area contributed by atoms with Crippen molar-refractivity contribution in [3.8, 4) is 0 Å². The Morgan fingerprint density at radius 1 is 1.53 bits per heavy atom. The normalized spacial score (nSPS) is 18.1. The minimum atomic E-state index is 0.109. The molecule has 5 heteroatoms. The van der Waals surface area contributed by atoms with Crippen LogP contribution < -0.4 is 10.6 Å². The number of anilines is 1. The molecule has 0 saturated heterocycles. The van der Waals surface area contributed by atoms with E-state index in [1.54, 1.807) is 0 Å². The van der Waals surface area contributed by atoms with Gasteiger partial charge in [0.25, 0.3) is 0 Å². The molecule has 1 aliphatic rings. The van der Waals surface area contributed by atoms with E-state index in [0.29, 0.717) is 5.92 Å². The maximum atomic E-state index is 12.0. The third-order valence-electron chi connectivity index (χ3n) is 3.64. The van der Waals surface area contributed by atoms with Crippen molar-refractivity contribution in [1.82, 2.24) is 10.3 Å². The fourth-order valence-corrected chi connectivity index (χ4v) is 2.84. The maximum Gasteiger partial charge on any atom is 0.229 e. The van der Waals surface area contributed by atoms with Crippen LogP contribution in [0.3, 0.4) is 0 Å². The first kappa shape index (κ1) is 14.5. The molecule has 2 N–H and O–H groups in total. The smallest absolute Gasteiger partial charge is 0.229 e. The quantitative estimate of drug-likeness (QED) is 0.807. The van der Waals surface area contributed by atoms with Crippen LogP contribution in [0.2, 0.25) is 0 Å². The Balaban J connectivity index is 1.87. The van der Waals surface area contributed by atoms with Crippen molar-refractivity contribution in [3.05, 3.63) is 11.1 Å². The van der Waals surface area contributed by atoms with Gasteiger partial charge < -0.3 is 10.6 Å². The second-order valence-corrected chi connectivity index (χ2v) is 6.23. The number of aromatic nitrogens is 1. The van der Waals surface area contributed by atoms with Crippen molar-refractivity contribution in [2.24, 2.45) is 11.8 Å². The maximum absolute atomic E-state index is 12.0. The zero-order valence-electron chi connectivity index (χ0n) is 11.9. The number of carbonyl (C=O) groups is 1. The topological polar surface area (TPSA) is 54.0 Å². The third kappa shape index (κ3) is 4.01. The summed E-state index contributed by atoms with van der Waals surface area (Å²) in [5.41, 5.74) is 1.01. The first-order chi connectivity index (χ1) is 9.11. The molecule has 19 heavy (non-hydrogen) atoms. The van der Waals surface area contributed by atoms with Crippen molar-refractivity contribution >= 4 is 22.4 Å². The van der Waals surface area contributed by atoms with E-state index in [9.17, 15) is 4.79 Å². The monoisotopic (exact) mass is 281 g/mol. The molecule has 1 fully saturated rings. The number of amides is 1. The number of nitrogens with zero attached hydrogens (tertiary/aromatic N) is 1. The van der Waals surface area contributed by atoms with E-state index in [-0.39, 0.29) is 17.9 Å². The fourth-order valence-electron chi connectivity index (χ4n) is 2.04. The Labute approximate surface area is 119 Å². The van der Waals surface area contributed by atoms with Crippen LogP contribution in [0.5, 0.6) is 0 Å². The van der Waals surface area contributed by atoms with Crippen molar-refractivity contribution in [3.63, 3.8) is 0 Å². The minimum Gasteiger partial charge on any atom is -0.309 e. The van der Waals surface area contributed by atoms with Crippen LogP contribution in [0.4, 0.5) is 5.13 Å². The van der Waals surface area contributed by atoms with Crippen LogP contribution in [-0.4, -0.2) is 17.4 Å². The molecule has 1 aromatic heterocycles. The summed E-state index contributed by atoms with van der Waals surface area (Å²) >= 11 is 1.51. The Bertz CT molecular complexity index is 428. The molecule has 1 saturated carbocycles. The van der Waals surface area contributed by atoms with E-state index in [2.05, 4.69) is 29.5 Å². The SMILES string of the molecule is CCCNC(C)c1csc(NC(=O)C(C)C2CC2)n1. The number of rotatable bonds is 7. The van der Waals surface area contributed by atoms with Crippen molar-refractivity contribution in [1.29, 1.82) is 0 Å². The van der Waals surface area contributed by atoms with E-state index in [1.165, 1.54) is 24.2 Å². The molecule has 2 unspecified atom stereocenters. The predicted molar refractivity (Wildman–Crippen MR) is 79.3 cm³/mol. The van der Waals surface area contributed by atoms with Crippen molar-refractivity contribution < 1.29 is 4.79 Å². The summed E-state index contributed by atoms with van der Waals surface area (Å²) < 4.78 is 0. The molecular formula is C14H23N3OS. The zero-order valence-corrected chi connectivity index (χ0v) is 12.7. The Morgan fingerprint density at radius 2 is 2.26 bits per heavy atom. The average molecular weight is 281 g/mol. The third-order valence-corrected chi connectivity index (χ3v) is 4.41. The molecule has 1 aromatic rings. The lowest BCUT2D eigenvalue weighted by molar-refractivity contribution is -0.119. The van der Waals surface area contributed by atoms with E-state index in [1.807, 2.05) is 12.3 Å². The summed E-state index contributed by atoms with van der Waals surface area (Å²) in [6.07, 6.45) is 3.49. The lowest BCUT2D eigenvalue weighted by Gasteiger charge is -2.10. The number of thiazole rings is 1. The Morgan fingerprint density at radius 3 is 2.89 bits per heavy atom. The lowest BCUT2D eigenvalue weighted by atomic mass is 10.1. The van der Waals surface area contributed by atoms with Gasteiger partial charge in [-0.05, 0) is 38.6 Å². The molecule has 106 valence electrons. The number of hydrogen-bond acceptors (Lipinski definition) is 4. The standard InChI is InChI=1S/C14H23N3OS/c1-4-7-15-10(3)12-8-19-14(16-12)17-13(18)9(2)11-5-6-11/h8-11,15H,4-7H2,1-3H3,(H,16,17,18).